The van der Waals surface area contributed by atoms with Crippen molar-refractivity contribution < 1.29 is 9.32 Å². The molecule has 2 aromatic carbocycles. The van der Waals surface area contributed by atoms with E-state index >= 15 is 0 Å². The first kappa shape index (κ1) is 18.8. The summed E-state index contributed by atoms with van der Waals surface area (Å²) in [5.41, 5.74) is 1.55. The lowest BCUT2D eigenvalue weighted by Gasteiger charge is -2.31. The van der Waals surface area contributed by atoms with Gasteiger partial charge in [-0.2, -0.15) is 4.98 Å². The molecule has 2 amide bonds. The van der Waals surface area contributed by atoms with E-state index < -0.39 is 0 Å². The van der Waals surface area contributed by atoms with Crippen molar-refractivity contribution in [1.29, 1.82) is 0 Å². The van der Waals surface area contributed by atoms with Crippen LogP contribution in [0.2, 0.25) is 10.0 Å². The quantitative estimate of drug-likeness (QED) is 0.615. The number of benzene rings is 2. The van der Waals surface area contributed by atoms with Crippen LogP contribution in [0.5, 0.6) is 0 Å². The molecule has 0 unspecified atom stereocenters. The number of urea groups is 1. The van der Waals surface area contributed by atoms with Crippen LogP contribution in [0.25, 0.3) is 11.4 Å². The molecule has 28 heavy (non-hydrogen) atoms. The van der Waals surface area contributed by atoms with Gasteiger partial charge in [-0.25, -0.2) is 4.79 Å². The Bertz CT molecular complexity index is 957. The summed E-state index contributed by atoms with van der Waals surface area (Å²) in [6, 6.07) is 14.2. The number of hydrogen-bond donors (Lipinski definition) is 1. The molecule has 1 N–H and O–H groups in total. The molecular formula is C20H18Cl2N4O2. The maximum atomic E-state index is 12.6. The van der Waals surface area contributed by atoms with Crippen LogP contribution in [0.1, 0.15) is 24.7 Å². The number of carbonyl (C=O) groups is 1. The Labute approximate surface area is 172 Å². The van der Waals surface area contributed by atoms with Crippen molar-refractivity contribution in [3.05, 3.63) is 64.5 Å². The minimum atomic E-state index is -0.149. The molecule has 1 fully saturated rings. The third-order valence-electron chi connectivity index (χ3n) is 4.70. The maximum absolute atomic E-state index is 12.6. The van der Waals surface area contributed by atoms with Crippen molar-refractivity contribution in [1.82, 2.24) is 15.0 Å². The molecule has 1 saturated heterocycles. The van der Waals surface area contributed by atoms with Gasteiger partial charge >= 0.3 is 6.03 Å². The second-order valence-electron chi connectivity index (χ2n) is 6.69. The summed E-state index contributed by atoms with van der Waals surface area (Å²) in [5.74, 6) is 1.08. The summed E-state index contributed by atoms with van der Waals surface area (Å²) in [4.78, 5) is 18.9. The van der Waals surface area contributed by atoms with Gasteiger partial charge in [0.1, 0.15) is 0 Å². The molecule has 1 aromatic heterocycles. The van der Waals surface area contributed by atoms with Crippen LogP contribution in [0.3, 0.4) is 0 Å². The minimum absolute atomic E-state index is 0.0123. The standard InChI is InChI=1S/C20H18Cl2N4O2/c21-15-5-3-13(4-6-15)18-24-19(28-25-18)14-2-1-11-26(12-14)20(27)23-17-9-7-16(22)8-10-17/h3-10,14H,1-2,11-12H2,(H,23,27)/t14-/m1/s1. The van der Waals surface area contributed by atoms with E-state index in [0.717, 1.165) is 18.4 Å². The Morgan fingerprint density at radius 1 is 1.07 bits per heavy atom. The second kappa shape index (κ2) is 8.20. The van der Waals surface area contributed by atoms with Crippen molar-refractivity contribution in [2.24, 2.45) is 0 Å². The van der Waals surface area contributed by atoms with Gasteiger partial charge in [-0.15, -0.1) is 0 Å². The summed E-state index contributed by atoms with van der Waals surface area (Å²) >= 11 is 11.8. The summed E-state index contributed by atoms with van der Waals surface area (Å²) < 4.78 is 5.48. The number of likely N-dealkylation sites (tertiary alicyclic amines) is 1. The molecule has 1 aliphatic heterocycles. The molecule has 3 aromatic rings. The maximum Gasteiger partial charge on any atom is 0.321 e. The molecule has 0 spiro atoms. The molecule has 0 bridgehead atoms. The van der Waals surface area contributed by atoms with E-state index in [4.69, 9.17) is 27.7 Å². The number of nitrogens with zero attached hydrogens (tertiary/aromatic N) is 3. The third kappa shape index (κ3) is 4.29. The van der Waals surface area contributed by atoms with Crippen LogP contribution >= 0.6 is 23.2 Å². The number of carbonyl (C=O) groups excluding carboxylic acids is 1. The van der Waals surface area contributed by atoms with Crippen molar-refractivity contribution >= 4 is 34.9 Å². The predicted molar refractivity (Wildman–Crippen MR) is 109 cm³/mol. The van der Waals surface area contributed by atoms with Crippen LogP contribution in [0, 0.1) is 0 Å². The summed E-state index contributed by atoms with van der Waals surface area (Å²) in [5, 5.41) is 8.26. The number of anilines is 1. The number of hydrogen-bond acceptors (Lipinski definition) is 4. The van der Waals surface area contributed by atoms with Crippen LogP contribution < -0.4 is 5.32 Å². The van der Waals surface area contributed by atoms with Crippen LogP contribution in [-0.4, -0.2) is 34.2 Å². The highest BCUT2D eigenvalue weighted by Gasteiger charge is 2.28. The largest absolute Gasteiger partial charge is 0.339 e. The van der Waals surface area contributed by atoms with Gasteiger partial charge in [0.2, 0.25) is 11.7 Å². The normalized spacial score (nSPS) is 16.8. The van der Waals surface area contributed by atoms with Crippen molar-refractivity contribution in [3.63, 3.8) is 0 Å². The zero-order valence-electron chi connectivity index (χ0n) is 14.9. The molecule has 1 atom stereocenters. The van der Waals surface area contributed by atoms with E-state index in [1.807, 2.05) is 12.1 Å². The van der Waals surface area contributed by atoms with Crippen LogP contribution in [-0.2, 0) is 0 Å². The number of amides is 2. The average Bonchev–Trinajstić information content (AvgIpc) is 3.21. The highest BCUT2D eigenvalue weighted by molar-refractivity contribution is 6.30. The Morgan fingerprint density at radius 2 is 1.75 bits per heavy atom. The third-order valence-corrected chi connectivity index (χ3v) is 5.20. The zero-order valence-corrected chi connectivity index (χ0v) is 16.5. The van der Waals surface area contributed by atoms with E-state index in [9.17, 15) is 4.79 Å². The van der Waals surface area contributed by atoms with E-state index in [-0.39, 0.29) is 11.9 Å². The fourth-order valence-corrected chi connectivity index (χ4v) is 3.47. The number of halogens is 2. The number of rotatable bonds is 3. The molecule has 0 aliphatic carbocycles. The molecule has 6 nitrogen and oxygen atoms in total. The zero-order chi connectivity index (χ0) is 19.5. The van der Waals surface area contributed by atoms with Gasteiger partial charge in [0.05, 0.1) is 5.92 Å². The lowest BCUT2D eigenvalue weighted by atomic mass is 9.98. The van der Waals surface area contributed by atoms with Gasteiger partial charge in [-0.05, 0) is 61.4 Å². The predicted octanol–water partition coefficient (Wildman–Crippen LogP) is 5.45. The molecule has 1 aliphatic rings. The van der Waals surface area contributed by atoms with Crippen molar-refractivity contribution in [2.45, 2.75) is 18.8 Å². The van der Waals surface area contributed by atoms with Gasteiger partial charge in [0.15, 0.2) is 0 Å². The SMILES string of the molecule is O=C(Nc1ccc(Cl)cc1)N1CCC[C@@H](c2nc(-c3ccc(Cl)cc3)no2)C1. The number of piperidine rings is 1. The monoisotopic (exact) mass is 416 g/mol. The van der Waals surface area contributed by atoms with E-state index in [2.05, 4.69) is 15.5 Å². The van der Waals surface area contributed by atoms with E-state index in [1.165, 1.54) is 0 Å². The Kier molecular flexibility index (Phi) is 5.50. The highest BCUT2D eigenvalue weighted by Crippen LogP contribution is 2.28. The van der Waals surface area contributed by atoms with Gasteiger partial charge in [0, 0.05) is 34.4 Å². The van der Waals surface area contributed by atoms with Gasteiger partial charge in [-0.3, -0.25) is 0 Å². The first-order valence-corrected chi connectivity index (χ1v) is 9.75. The molecule has 2 heterocycles. The van der Waals surface area contributed by atoms with Crippen molar-refractivity contribution in [2.75, 3.05) is 18.4 Å². The first-order chi connectivity index (χ1) is 13.6. The molecular weight excluding hydrogens is 399 g/mol. The minimum Gasteiger partial charge on any atom is -0.339 e. The summed E-state index contributed by atoms with van der Waals surface area (Å²) in [6.07, 6.45) is 1.77. The highest BCUT2D eigenvalue weighted by atomic mass is 35.5. The lowest BCUT2D eigenvalue weighted by molar-refractivity contribution is 0.184. The molecule has 144 valence electrons. The van der Waals surface area contributed by atoms with Gasteiger partial charge in [0.25, 0.3) is 0 Å². The number of nitrogens with one attached hydrogen (secondary N) is 1. The van der Waals surface area contributed by atoms with Crippen LogP contribution in [0.15, 0.2) is 53.1 Å². The Balaban J connectivity index is 1.43. The summed E-state index contributed by atoms with van der Waals surface area (Å²) in [7, 11) is 0. The lowest BCUT2D eigenvalue weighted by Crippen LogP contribution is -2.41. The van der Waals surface area contributed by atoms with E-state index in [1.54, 1.807) is 41.3 Å². The Hall–Kier alpha value is -2.57. The average molecular weight is 417 g/mol. The van der Waals surface area contributed by atoms with E-state index in [0.29, 0.717) is 40.5 Å². The first-order valence-electron chi connectivity index (χ1n) is 8.99. The fourth-order valence-electron chi connectivity index (χ4n) is 3.22. The topological polar surface area (TPSA) is 71.3 Å². The molecule has 8 heteroatoms. The van der Waals surface area contributed by atoms with Gasteiger partial charge in [-0.1, -0.05) is 28.4 Å². The smallest absolute Gasteiger partial charge is 0.321 e. The number of aromatic nitrogens is 2. The molecule has 0 radical (unpaired) electrons. The molecule has 4 rings (SSSR count). The van der Waals surface area contributed by atoms with Gasteiger partial charge < -0.3 is 14.7 Å². The Morgan fingerprint density at radius 3 is 2.46 bits per heavy atom. The second-order valence-corrected chi connectivity index (χ2v) is 7.56. The summed E-state index contributed by atoms with van der Waals surface area (Å²) in [6.45, 7) is 1.22. The van der Waals surface area contributed by atoms with Crippen LogP contribution in [0.4, 0.5) is 10.5 Å². The van der Waals surface area contributed by atoms with Crippen molar-refractivity contribution in [3.8, 4) is 11.4 Å². The fraction of sp³-hybridized carbons (Fsp3) is 0.250. The molecule has 0 saturated carbocycles.